The molecule has 2 aromatic carbocycles. The number of carbonyl (C=O) groups excluding carboxylic acids is 1. The van der Waals surface area contributed by atoms with E-state index in [4.69, 9.17) is 4.74 Å². The van der Waals surface area contributed by atoms with Crippen LogP contribution in [-0.2, 0) is 11.2 Å². The highest BCUT2D eigenvalue weighted by molar-refractivity contribution is 5.76. The Kier molecular flexibility index (Phi) is 17.9. The summed E-state index contributed by atoms with van der Waals surface area (Å²) in [5, 5.41) is 9.30. The average Bonchev–Trinajstić information content (AvgIpc) is 2.82. The highest BCUT2D eigenvalue weighted by Gasteiger charge is 2.10. The lowest BCUT2D eigenvalue weighted by atomic mass is 9.92. The van der Waals surface area contributed by atoms with Gasteiger partial charge in [0.25, 0.3) is 0 Å². The van der Waals surface area contributed by atoms with Crippen LogP contribution in [-0.4, -0.2) is 18.0 Å². The number of methoxy groups -OCH3 is 1. The van der Waals surface area contributed by atoms with E-state index in [-0.39, 0.29) is 11.5 Å². The number of Topliss-reactive ketones (excluding diaryl/α,β-unsaturated/α-hetero) is 1. The number of rotatable bonds is 11. The number of benzene rings is 2. The van der Waals surface area contributed by atoms with Gasteiger partial charge in [0.15, 0.2) is 11.5 Å². The first kappa shape index (κ1) is 30.7. The van der Waals surface area contributed by atoms with Gasteiger partial charge in [0, 0.05) is 6.42 Å². The first-order chi connectivity index (χ1) is 15.8. The van der Waals surface area contributed by atoms with E-state index in [1.54, 1.807) is 26.2 Å². The highest BCUT2D eigenvalue weighted by Crippen LogP contribution is 2.26. The summed E-state index contributed by atoms with van der Waals surface area (Å²) in [6.07, 6.45) is 9.60. The van der Waals surface area contributed by atoms with Crippen molar-refractivity contribution >= 4 is 5.78 Å². The van der Waals surface area contributed by atoms with Crippen molar-refractivity contribution in [1.29, 1.82) is 0 Å². The van der Waals surface area contributed by atoms with Crippen LogP contribution in [0.15, 0.2) is 48.5 Å². The number of ketones is 1. The molecular weight excluding hydrogens is 408 g/mol. The molecule has 0 aliphatic carbocycles. The third kappa shape index (κ3) is 14.5. The summed E-state index contributed by atoms with van der Waals surface area (Å²) in [5.41, 5.74) is 2.39. The fourth-order valence-corrected chi connectivity index (χ4v) is 3.72. The Morgan fingerprint density at radius 3 is 2.09 bits per heavy atom. The first-order valence-electron chi connectivity index (χ1n) is 12.7. The minimum absolute atomic E-state index is 0.215. The molecule has 0 aliphatic rings. The Bertz CT molecular complexity index is 739. The maximum Gasteiger partial charge on any atom is 0.160 e. The molecule has 2 rings (SSSR count). The molecule has 2 aromatic rings. The lowest BCUT2D eigenvalue weighted by molar-refractivity contribution is -0.117. The van der Waals surface area contributed by atoms with Crippen LogP contribution in [0.3, 0.4) is 0 Å². The van der Waals surface area contributed by atoms with Crippen LogP contribution in [0.1, 0.15) is 104 Å². The molecule has 0 heterocycles. The Morgan fingerprint density at radius 1 is 0.970 bits per heavy atom. The van der Waals surface area contributed by atoms with E-state index in [1.165, 1.54) is 37.7 Å². The summed E-state index contributed by atoms with van der Waals surface area (Å²) in [5.74, 6) is 2.39. The van der Waals surface area contributed by atoms with Crippen LogP contribution in [0.2, 0.25) is 0 Å². The van der Waals surface area contributed by atoms with Gasteiger partial charge in [0.05, 0.1) is 7.11 Å². The van der Waals surface area contributed by atoms with E-state index in [2.05, 4.69) is 39.8 Å². The Labute approximate surface area is 203 Å². The zero-order chi connectivity index (χ0) is 25.1. The fraction of sp³-hybridized carbons (Fsp3) is 0.567. The number of aromatic hydroxyl groups is 1. The molecule has 0 bridgehead atoms. The van der Waals surface area contributed by atoms with E-state index in [1.807, 2.05) is 31.2 Å². The molecule has 0 saturated heterocycles. The van der Waals surface area contributed by atoms with Gasteiger partial charge in [-0.2, -0.15) is 0 Å². The second kappa shape index (κ2) is 19.2. The van der Waals surface area contributed by atoms with Gasteiger partial charge in [-0.05, 0) is 54.9 Å². The normalized spacial score (nSPS) is 11.8. The van der Waals surface area contributed by atoms with Crippen LogP contribution >= 0.6 is 0 Å². The molecule has 0 radical (unpaired) electrons. The van der Waals surface area contributed by atoms with E-state index in [9.17, 15) is 9.90 Å². The number of hydrogen-bond donors (Lipinski definition) is 1. The molecule has 3 nitrogen and oxygen atoms in total. The zero-order valence-corrected chi connectivity index (χ0v) is 22.2. The van der Waals surface area contributed by atoms with Crippen LogP contribution in [0.5, 0.6) is 11.5 Å². The van der Waals surface area contributed by atoms with E-state index in [0.717, 1.165) is 24.3 Å². The van der Waals surface area contributed by atoms with Gasteiger partial charge < -0.3 is 14.6 Å². The topological polar surface area (TPSA) is 46.5 Å². The molecule has 0 amide bonds. The van der Waals surface area contributed by atoms with Crippen molar-refractivity contribution in [2.45, 2.75) is 98.8 Å². The van der Waals surface area contributed by atoms with Crippen molar-refractivity contribution < 1.29 is 14.6 Å². The summed E-state index contributed by atoms with van der Waals surface area (Å²) >= 11 is 0. The minimum atomic E-state index is 0.215. The molecule has 0 aliphatic heterocycles. The Balaban J connectivity index is 0.000000475. The number of phenols is 1. The number of hydrogen-bond acceptors (Lipinski definition) is 3. The lowest BCUT2D eigenvalue weighted by Crippen LogP contribution is -2.02. The summed E-state index contributed by atoms with van der Waals surface area (Å²) in [6, 6.07) is 15.7. The summed E-state index contributed by atoms with van der Waals surface area (Å²) in [7, 11) is 1.54. The quantitative estimate of drug-likeness (QED) is 0.367. The van der Waals surface area contributed by atoms with Gasteiger partial charge in [-0.15, -0.1) is 0 Å². The number of unbranched alkanes of at least 4 members (excludes halogenated alkanes) is 1. The molecule has 0 saturated carbocycles. The monoisotopic (exact) mass is 456 g/mol. The first-order valence-corrected chi connectivity index (χ1v) is 12.7. The number of ether oxygens (including phenoxy) is 1. The second-order valence-electron chi connectivity index (χ2n) is 8.82. The third-order valence-corrected chi connectivity index (χ3v) is 5.78. The fourth-order valence-electron chi connectivity index (χ4n) is 3.72. The zero-order valence-electron chi connectivity index (χ0n) is 22.2. The van der Waals surface area contributed by atoms with Crippen molar-refractivity contribution in [3.63, 3.8) is 0 Å². The number of aryl methyl sites for hydroxylation is 1. The number of phenolic OH excluding ortho intramolecular Hbond substituents is 1. The highest BCUT2D eigenvalue weighted by atomic mass is 16.5. The summed E-state index contributed by atoms with van der Waals surface area (Å²) in [4.78, 5) is 11.0. The van der Waals surface area contributed by atoms with Crippen LogP contribution < -0.4 is 4.74 Å². The predicted molar refractivity (Wildman–Crippen MR) is 142 cm³/mol. The van der Waals surface area contributed by atoms with E-state index in [0.29, 0.717) is 18.1 Å². The largest absolute Gasteiger partial charge is 0.504 e. The predicted octanol–water partition coefficient (Wildman–Crippen LogP) is 8.74. The molecule has 1 N–H and O–H groups in total. The molecule has 0 spiro atoms. The van der Waals surface area contributed by atoms with Crippen molar-refractivity contribution in [1.82, 2.24) is 0 Å². The van der Waals surface area contributed by atoms with Crippen LogP contribution in [0, 0.1) is 5.92 Å². The van der Waals surface area contributed by atoms with Crippen molar-refractivity contribution in [2.24, 2.45) is 5.92 Å². The Hall–Kier alpha value is -2.29. The van der Waals surface area contributed by atoms with Crippen molar-refractivity contribution in [3.05, 3.63) is 59.7 Å². The number of carbonyl (C=O) groups is 1. The molecule has 2 unspecified atom stereocenters. The molecule has 3 heteroatoms. The standard InChI is InChI=1S/C12H16O.C9H12O2.C9H20/c1-3-11(9-10(2)13)12-7-5-4-6-8-12;1-3-7-4-5-9(11-2)8(10)6-7;1-4-6-8-9(3)7-5-2/h4-8,11H,3,9H2,1-2H3;4-6,10H,3H2,1-2H3;9H,4-8H2,1-3H3. The van der Waals surface area contributed by atoms with Gasteiger partial charge in [-0.1, -0.05) is 103 Å². The second-order valence-corrected chi connectivity index (χ2v) is 8.82. The molecule has 0 fully saturated rings. The maximum absolute atomic E-state index is 11.0. The van der Waals surface area contributed by atoms with Crippen molar-refractivity contribution in [2.75, 3.05) is 7.11 Å². The average molecular weight is 457 g/mol. The maximum atomic E-state index is 11.0. The molecule has 2 atom stereocenters. The lowest BCUT2D eigenvalue weighted by Gasteiger charge is -2.12. The van der Waals surface area contributed by atoms with Gasteiger partial charge in [-0.25, -0.2) is 0 Å². The summed E-state index contributed by atoms with van der Waals surface area (Å²) < 4.78 is 4.89. The van der Waals surface area contributed by atoms with Crippen molar-refractivity contribution in [3.8, 4) is 11.5 Å². The third-order valence-electron chi connectivity index (χ3n) is 5.78. The van der Waals surface area contributed by atoms with Gasteiger partial charge in [0.2, 0.25) is 0 Å². The van der Waals surface area contributed by atoms with Gasteiger partial charge in [-0.3, -0.25) is 0 Å². The van der Waals surface area contributed by atoms with Gasteiger partial charge >= 0.3 is 0 Å². The molecular formula is C30H48O3. The summed E-state index contributed by atoms with van der Waals surface area (Å²) in [6.45, 7) is 12.7. The smallest absolute Gasteiger partial charge is 0.160 e. The van der Waals surface area contributed by atoms with Crippen LogP contribution in [0.25, 0.3) is 0 Å². The van der Waals surface area contributed by atoms with Crippen LogP contribution in [0.4, 0.5) is 0 Å². The van der Waals surface area contributed by atoms with E-state index < -0.39 is 0 Å². The molecule has 33 heavy (non-hydrogen) atoms. The molecule has 0 aromatic heterocycles. The Morgan fingerprint density at radius 2 is 1.64 bits per heavy atom. The van der Waals surface area contributed by atoms with Gasteiger partial charge in [0.1, 0.15) is 5.78 Å². The minimum Gasteiger partial charge on any atom is -0.504 e. The SMILES string of the molecule is CCC(CC(C)=O)c1ccccc1.CCCCC(C)CCC.CCc1ccc(OC)c(O)c1. The van der Waals surface area contributed by atoms with E-state index >= 15 is 0 Å². The molecule has 186 valence electrons.